The lowest BCUT2D eigenvalue weighted by Gasteiger charge is -2.19. The molecule has 1 aromatic carbocycles. The summed E-state index contributed by atoms with van der Waals surface area (Å²) in [5.41, 5.74) is 2.84. The molecule has 1 aliphatic carbocycles. The van der Waals surface area contributed by atoms with E-state index in [0.29, 0.717) is 49.2 Å². The first-order valence-electron chi connectivity index (χ1n) is 13.5. The number of nitrogens with one attached hydrogen (secondary N) is 4. The average Bonchev–Trinajstić information content (AvgIpc) is 3.53. The molecule has 0 saturated heterocycles. The summed E-state index contributed by atoms with van der Waals surface area (Å²) in [6.07, 6.45) is 2.90. The molecule has 1 aliphatic rings. The Morgan fingerprint density at radius 2 is 1.85 bits per heavy atom. The van der Waals surface area contributed by atoms with E-state index in [2.05, 4.69) is 32.8 Å². The molecule has 0 spiro atoms. The number of hydrogen-bond acceptors (Lipinski definition) is 6. The largest absolute Gasteiger partial charge is 0.379 e. The topological polar surface area (TPSA) is 133 Å². The minimum Gasteiger partial charge on any atom is -0.379 e. The number of aromatic amines is 1. The number of fused-ring (bicyclic) bond motifs is 1. The van der Waals surface area contributed by atoms with Gasteiger partial charge in [-0.25, -0.2) is 4.98 Å². The number of amides is 2. The number of anilines is 1. The third-order valence-corrected chi connectivity index (χ3v) is 7.45. The Bertz CT molecular complexity index is 1430. The molecule has 39 heavy (non-hydrogen) atoms. The SMILES string of the molecule is CC(=O)CCC1(NC(=O)CC[C@@H](C)NC(=O)c2ccc(NCc3ccc4cc(C)[nH]c(=O)c4n3)cc2)CC1C. The van der Waals surface area contributed by atoms with Gasteiger partial charge in [-0.05, 0) is 82.3 Å². The maximum atomic E-state index is 12.7. The van der Waals surface area contributed by atoms with Crippen molar-refractivity contribution in [2.45, 2.75) is 77.9 Å². The lowest BCUT2D eigenvalue weighted by atomic mass is 10.0. The molecule has 0 bridgehead atoms. The molecule has 4 N–H and O–H groups in total. The lowest BCUT2D eigenvalue weighted by molar-refractivity contribution is -0.123. The van der Waals surface area contributed by atoms with Gasteiger partial charge in [0.1, 0.15) is 11.3 Å². The maximum Gasteiger partial charge on any atom is 0.274 e. The zero-order valence-corrected chi connectivity index (χ0v) is 23.0. The monoisotopic (exact) mass is 531 g/mol. The van der Waals surface area contributed by atoms with Gasteiger partial charge in [-0.3, -0.25) is 14.4 Å². The summed E-state index contributed by atoms with van der Waals surface area (Å²) in [7, 11) is 0. The Labute approximate surface area is 228 Å². The zero-order chi connectivity index (χ0) is 28.2. The second-order valence-corrected chi connectivity index (χ2v) is 10.9. The van der Waals surface area contributed by atoms with Crippen LogP contribution < -0.4 is 21.5 Å². The minimum absolute atomic E-state index is 0.0416. The summed E-state index contributed by atoms with van der Waals surface area (Å²) in [6.45, 7) is 7.82. The molecule has 1 saturated carbocycles. The van der Waals surface area contributed by atoms with E-state index in [1.54, 1.807) is 19.1 Å². The number of aryl methyl sites for hydroxylation is 1. The van der Waals surface area contributed by atoms with E-state index in [-0.39, 0.29) is 34.7 Å². The van der Waals surface area contributed by atoms with E-state index in [0.717, 1.165) is 28.9 Å². The van der Waals surface area contributed by atoms with Gasteiger partial charge in [-0.1, -0.05) is 13.0 Å². The van der Waals surface area contributed by atoms with Crippen molar-refractivity contribution in [3.63, 3.8) is 0 Å². The number of carbonyl (C=O) groups excluding carboxylic acids is 3. The Morgan fingerprint density at radius 1 is 1.13 bits per heavy atom. The molecule has 2 aromatic heterocycles. The molecule has 2 amide bonds. The predicted octanol–water partition coefficient (Wildman–Crippen LogP) is 4.01. The first-order chi connectivity index (χ1) is 18.5. The number of ketones is 1. The van der Waals surface area contributed by atoms with E-state index >= 15 is 0 Å². The van der Waals surface area contributed by atoms with Crippen LogP contribution in [0.15, 0.2) is 47.3 Å². The lowest BCUT2D eigenvalue weighted by Crippen LogP contribution is -2.40. The van der Waals surface area contributed by atoms with Gasteiger partial charge in [0.25, 0.3) is 11.5 Å². The Kier molecular flexibility index (Phi) is 8.47. The first kappa shape index (κ1) is 28.0. The smallest absolute Gasteiger partial charge is 0.274 e. The molecule has 1 fully saturated rings. The number of aromatic nitrogens is 2. The van der Waals surface area contributed by atoms with Gasteiger partial charge < -0.3 is 25.7 Å². The highest BCUT2D eigenvalue weighted by Crippen LogP contribution is 2.46. The van der Waals surface area contributed by atoms with Gasteiger partial charge in [-0.2, -0.15) is 0 Å². The number of pyridine rings is 2. The molecule has 9 heteroatoms. The number of nitrogens with zero attached hydrogens (tertiary/aromatic N) is 1. The highest BCUT2D eigenvalue weighted by Gasteiger charge is 2.51. The first-order valence-corrected chi connectivity index (χ1v) is 13.5. The van der Waals surface area contributed by atoms with E-state index in [4.69, 9.17) is 0 Å². The van der Waals surface area contributed by atoms with Gasteiger partial charge in [0, 0.05) is 46.8 Å². The molecule has 2 heterocycles. The molecule has 0 aliphatic heterocycles. The van der Waals surface area contributed by atoms with Crippen LogP contribution in [0.5, 0.6) is 0 Å². The number of benzene rings is 1. The van der Waals surface area contributed by atoms with Crippen LogP contribution in [0.1, 0.15) is 74.6 Å². The van der Waals surface area contributed by atoms with Crippen LogP contribution in [0.3, 0.4) is 0 Å². The summed E-state index contributed by atoms with van der Waals surface area (Å²) in [5.74, 6) is 0.277. The maximum absolute atomic E-state index is 12.7. The van der Waals surface area contributed by atoms with Gasteiger partial charge in [-0.15, -0.1) is 0 Å². The Balaban J connectivity index is 1.23. The van der Waals surface area contributed by atoms with E-state index in [1.807, 2.05) is 44.2 Å². The summed E-state index contributed by atoms with van der Waals surface area (Å²) in [6, 6.07) is 12.6. The normalized spacial score (nSPS) is 18.8. The number of rotatable bonds is 12. The molecule has 4 rings (SSSR count). The second-order valence-electron chi connectivity index (χ2n) is 10.9. The van der Waals surface area contributed by atoms with Crippen LogP contribution in [0, 0.1) is 12.8 Å². The number of H-pyrrole nitrogens is 1. The third-order valence-electron chi connectivity index (χ3n) is 7.45. The number of carbonyl (C=O) groups is 3. The molecular weight excluding hydrogens is 494 g/mol. The summed E-state index contributed by atoms with van der Waals surface area (Å²) in [4.78, 5) is 56.0. The number of hydrogen-bond donors (Lipinski definition) is 4. The van der Waals surface area contributed by atoms with Crippen LogP contribution in [0.25, 0.3) is 10.9 Å². The van der Waals surface area contributed by atoms with Crippen molar-refractivity contribution < 1.29 is 14.4 Å². The molecule has 9 nitrogen and oxygen atoms in total. The van der Waals surface area contributed by atoms with Gasteiger partial charge in [0.05, 0.1) is 12.2 Å². The summed E-state index contributed by atoms with van der Waals surface area (Å²) >= 11 is 0. The predicted molar refractivity (Wildman–Crippen MR) is 152 cm³/mol. The quantitative estimate of drug-likeness (QED) is 0.279. The molecule has 0 radical (unpaired) electrons. The fourth-order valence-electron chi connectivity index (χ4n) is 4.89. The molecule has 206 valence electrons. The highest BCUT2D eigenvalue weighted by atomic mass is 16.2. The average molecular weight is 532 g/mol. The van der Waals surface area contributed by atoms with Crippen LogP contribution >= 0.6 is 0 Å². The molecule has 3 aromatic rings. The van der Waals surface area contributed by atoms with Crippen molar-refractivity contribution in [3.8, 4) is 0 Å². The Morgan fingerprint density at radius 3 is 2.51 bits per heavy atom. The van der Waals surface area contributed by atoms with Crippen molar-refractivity contribution in [1.29, 1.82) is 0 Å². The Hall–Kier alpha value is -4.01. The van der Waals surface area contributed by atoms with Crippen molar-refractivity contribution >= 4 is 34.2 Å². The van der Waals surface area contributed by atoms with E-state index < -0.39 is 0 Å². The summed E-state index contributed by atoms with van der Waals surface area (Å²) < 4.78 is 0. The van der Waals surface area contributed by atoms with Crippen LogP contribution in [0.2, 0.25) is 0 Å². The van der Waals surface area contributed by atoms with Crippen LogP contribution in [0.4, 0.5) is 5.69 Å². The van der Waals surface area contributed by atoms with Crippen molar-refractivity contribution in [2.75, 3.05) is 5.32 Å². The molecular formula is C30H37N5O4. The fraction of sp³-hybridized carbons (Fsp3) is 0.433. The van der Waals surface area contributed by atoms with Gasteiger partial charge in [0.15, 0.2) is 0 Å². The molecule has 2 unspecified atom stereocenters. The van der Waals surface area contributed by atoms with Gasteiger partial charge in [0.2, 0.25) is 5.91 Å². The van der Waals surface area contributed by atoms with Crippen LogP contribution in [-0.4, -0.2) is 39.1 Å². The van der Waals surface area contributed by atoms with E-state index in [9.17, 15) is 19.2 Å². The summed E-state index contributed by atoms with van der Waals surface area (Å²) in [5, 5.41) is 10.2. The van der Waals surface area contributed by atoms with Crippen molar-refractivity contribution in [2.24, 2.45) is 5.92 Å². The zero-order valence-electron chi connectivity index (χ0n) is 23.0. The minimum atomic E-state index is -0.244. The van der Waals surface area contributed by atoms with Gasteiger partial charge >= 0.3 is 0 Å². The van der Waals surface area contributed by atoms with E-state index in [1.165, 1.54) is 0 Å². The highest BCUT2D eigenvalue weighted by molar-refractivity contribution is 5.94. The third kappa shape index (κ3) is 7.31. The fourth-order valence-corrected chi connectivity index (χ4v) is 4.89. The second kappa shape index (κ2) is 11.8. The van der Waals surface area contributed by atoms with Crippen LogP contribution in [-0.2, 0) is 16.1 Å². The standard InChI is InChI=1S/C30H37N5O4/c1-18-16-30(18,14-13-21(4)36)35-26(37)12-5-19(2)32-28(38)22-6-9-24(10-7-22)31-17-25-11-8-23-15-20(3)33-29(39)27(23)34-25/h6-11,15,18-19,31H,5,12-14,16-17H2,1-4H3,(H,32,38)(H,33,39)(H,35,37)/t18?,19-,30?/m1/s1. The number of Topliss-reactive ketones (excluding diaryl/α,β-unsaturated/α-hetero) is 1. The molecule has 3 atom stereocenters. The van der Waals surface area contributed by atoms with Crippen molar-refractivity contribution in [3.05, 3.63) is 69.8 Å². The van der Waals surface area contributed by atoms with Crippen molar-refractivity contribution in [1.82, 2.24) is 20.6 Å².